The second-order valence-electron chi connectivity index (χ2n) is 2.97. The number of hydrazine groups is 1. The van der Waals surface area contributed by atoms with Crippen LogP contribution in [0.1, 0.15) is 15.4 Å². The first-order valence-corrected chi connectivity index (χ1v) is 5.15. The van der Waals surface area contributed by atoms with Crippen LogP contribution in [-0.2, 0) is 0 Å². The van der Waals surface area contributed by atoms with Gasteiger partial charge in [-0.3, -0.25) is 10.2 Å². The summed E-state index contributed by atoms with van der Waals surface area (Å²) in [5, 5.41) is 0.760. The van der Waals surface area contributed by atoms with E-state index in [0.29, 0.717) is 10.6 Å². The van der Waals surface area contributed by atoms with Crippen LogP contribution in [0.5, 0.6) is 0 Å². The molecule has 1 amide bonds. The molecule has 0 spiro atoms. The molecule has 0 fully saturated rings. The van der Waals surface area contributed by atoms with Gasteiger partial charge < -0.3 is 4.57 Å². The first-order chi connectivity index (χ1) is 7.22. The standard InChI is InChI=1S/C9H10N4OS/c1-6-7(8(14)12-10)15-9(11-6)13-4-2-3-5-13/h2-5H,10H2,1H3,(H,12,14). The van der Waals surface area contributed by atoms with E-state index in [1.807, 2.05) is 29.1 Å². The maximum atomic E-state index is 11.3. The SMILES string of the molecule is Cc1nc(-n2cccc2)sc1C(=O)NN. The van der Waals surface area contributed by atoms with Gasteiger partial charge in [0.2, 0.25) is 0 Å². The van der Waals surface area contributed by atoms with Gasteiger partial charge in [-0.25, -0.2) is 10.8 Å². The molecular formula is C9H10N4OS. The van der Waals surface area contributed by atoms with Gasteiger partial charge in [0.15, 0.2) is 5.13 Å². The number of nitrogens with two attached hydrogens (primary N) is 1. The molecule has 2 heterocycles. The average molecular weight is 222 g/mol. The van der Waals surface area contributed by atoms with Crippen molar-refractivity contribution >= 4 is 17.2 Å². The fourth-order valence-electron chi connectivity index (χ4n) is 1.23. The first kappa shape index (κ1) is 9.88. The molecule has 2 rings (SSSR count). The summed E-state index contributed by atoms with van der Waals surface area (Å²) in [6.07, 6.45) is 3.75. The number of hydrogen-bond acceptors (Lipinski definition) is 4. The van der Waals surface area contributed by atoms with E-state index >= 15 is 0 Å². The highest BCUT2D eigenvalue weighted by atomic mass is 32.1. The van der Waals surface area contributed by atoms with Gasteiger partial charge in [-0.15, -0.1) is 0 Å². The maximum Gasteiger partial charge on any atom is 0.277 e. The molecule has 2 aromatic rings. The van der Waals surface area contributed by atoms with E-state index in [1.54, 1.807) is 6.92 Å². The summed E-state index contributed by atoms with van der Waals surface area (Å²) in [4.78, 5) is 16.2. The van der Waals surface area contributed by atoms with Crippen molar-refractivity contribution in [2.24, 2.45) is 5.84 Å². The minimum Gasteiger partial charge on any atom is -0.300 e. The van der Waals surface area contributed by atoms with Crippen molar-refractivity contribution < 1.29 is 4.79 Å². The average Bonchev–Trinajstić information content (AvgIpc) is 2.84. The van der Waals surface area contributed by atoms with E-state index in [0.717, 1.165) is 5.13 Å². The summed E-state index contributed by atoms with van der Waals surface area (Å²) in [6, 6.07) is 3.80. The molecule has 0 saturated heterocycles. The molecule has 0 unspecified atom stereocenters. The molecule has 0 aliphatic heterocycles. The maximum absolute atomic E-state index is 11.3. The molecule has 15 heavy (non-hydrogen) atoms. The number of aryl methyl sites for hydroxylation is 1. The molecular weight excluding hydrogens is 212 g/mol. The number of nitrogen functional groups attached to an aromatic ring is 1. The highest BCUT2D eigenvalue weighted by molar-refractivity contribution is 7.16. The minimum absolute atomic E-state index is 0.302. The summed E-state index contributed by atoms with van der Waals surface area (Å²) in [5.41, 5.74) is 2.79. The number of nitrogens with zero attached hydrogens (tertiary/aromatic N) is 2. The Bertz CT molecular complexity index is 474. The van der Waals surface area contributed by atoms with Crippen LogP contribution in [0.15, 0.2) is 24.5 Å². The number of carbonyl (C=O) groups excluding carboxylic acids is 1. The largest absolute Gasteiger partial charge is 0.300 e. The number of carbonyl (C=O) groups is 1. The van der Waals surface area contributed by atoms with Crippen LogP contribution < -0.4 is 11.3 Å². The lowest BCUT2D eigenvalue weighted by atomic mass is 10.4. The van der Waals surface area contributed by atoms with E-state index < -0.39 is 0 Å². The highest BCUT2D eigenvalue weighted by Gasteiger charge is 2.14. The lowest BCUT2D eigenvalue weighted by molar-refractivity contribution is 0.0957. The Morgan fingerprint density at radius 3 is 2.80 bits per heavy atom. The van der Waals surface area contributed by atoms with E-state index in [9.17, 15) is 4.79 Å². The third-order valence-corrected chi connectivity index (χ3v) is 3.12. The van der Waals surface area contributed by atoms with Crippen LogP contribution in [-0.4, -0.2) is 15.5 Å². The molecule has 2 aromatic heterocycles. The van der Waals surface area contributed by atoms with Crippen molar-refractivity contribution in [3.63, 3.8) is 0 Å². The van der Waals surface area contributed by atoms with Gasteiger partial charge in [0.1, 0.15) is 4.88 Å². The Kier molecular flexibility index (Phi) is 2.53. The molecule has 6 heteroatoms. The Balaban J connectivity index is 2.41. The van der Waals surface area contributed by atoms with Gasteiger partial charge in [-0.1, -0.05) is 11.3 Å². The lowest BCUT2D eigenvalue weighted by Crippen LogP contribution is -2.29. The Morgan fingerprint density at radius 1 is 1.53 bits per heavy atom. The molecule has 0 bridgehead atoms. The van der Waals surface area contributed by atoms with Gasteiger partial charge in [-0.05, 0) is 19.1 Å². The summed E-state index contributed by atoms with van der Waals surface area (Å²) in [7, 11) is 0. The van der Waals surface area contributed by atoms with Gasteiger partial charge >= 0.3 is 0 Å². The van der Waals surface area contributed by atoms with E-state index in [4.69, 9.17) is 5.84 Å². The van der Waals surface area contributed by atoms with Crippen molar-refractivity contribution in [2.75, 3.05) is 0 Å². The van der Waals surface area contributed by atoms with Crippen LogP contribution in [0.4, 0.5) is 0 Å². The van der Waals surface area contributed by atoms with Crippen molar-refractivity contribution in [1.29, 1.82) is 0 Å². The first-order valence-electron chi connectivity index (χ1n) is 4.34. The zero-order chi connectivity index (χ0) is 10.8. The minimum atomic E-state index is -0.302. The highest BCUT2D eigenvalue weighted by Crippen LogP contribution is 2.21. The second-order valence-corrected chi connectivity index (χ2v) is 3.95. The van der Waals surface area contributed by atoms with Crippen LogP contribution >= 0.6 is 11.3 Å². The van der Waals surface area contributed by atoms with Crippen molar-refractivity contribution in [3.05, 3.63) is 35.1 Å². The summed E-state index contributed by atoms with van der Waals surface area (Å²) < 4.78 is 1.85. The smallest absolute Gasteiger partial charge is 0.277 e. The van der Waals surface area contributed by atoms with Crippen LogP contribution in [0.25, 0.3) is 5.13 Å². The van der Waals surface area contributed by atoms with Gasteiger partial charge in [-0.2, -0.15) is 0 Å². The van der Waals surface area contributed by atoms with E-state index in [1.165, 1.54) is 11.3 Å². The fourth-order valence-corrected chi connectivity index (χ4v) is 2.17. The van der Waals surface area contributed by atoms with Gasteiger partial charge in [0.25, 0.3) is 5.91 Å². The lowest BCUT2D eigenvalue weighted by Gasteiger charge is -1.94. The number of aromatic nitrogens is 2. The Labute approximate surface area is 90.5 Å². The van der Waals surface area contributed by atoms with Gasteiger partial charge in [0, 0.05) is 12.4 Å². The molecule has 5 nitrogen and oxygen atoms in total. The van der Waals surface area contributed by atoms with Crippen LogP contribution in [0, 0.1) is 6.92 Å². The van der Waals surface area contributed by atoms with Crippen molar-refractivity contribution in [3.8, 4) is 5.13 Å². The monoisotopic (exact) mass is 222 g/mol. The Hall–Kier alpha value is -1.66. The second kappa shape index (κ2) is 3.84. The van der Waals surface area contributed by atoms with E-state index in [-0.39, 0.29) is 5.91 Å². The Morgan fingerprint density at radius 2 is 2.20 bits per heavy atom. The van der Waals surface area contributed by atoms with Crippen LogP contribution in [0.2, 0.25) is 0 Å². The third-order valence-electron chi connectivity index (χ3n) is 1.95. The fraction of sp³-hybridized carbons (Fsp3) is 0.111. The van der Waals surface area contributed by atoms with Crippen molar-refractivity contribution in [1.82, 2.24) is 15.0 Å². The number of nitrogens with one attached hydrogen (secondary N) is 1. The topological polar surface area (TPSA) is 72.9 Å². The number of hydrogen-bond donors (Lipinski definition) is 2. The quantitative estimate of drug-likeness (QED) is 0.449. The van der Waals surface area contributed by atoms with Crippen LogP contribution in [0.3, 0.4) is 0 Å². The molecule has 0 aliphatic rings. The molecule has 78 valence electrons. The molecule has 0 atom stereocenters. The zero-order valence-corrected chi connectivity index (χ0v) is 8.91. The zero-order valence-electron chi connectivity index (χ0n) is 8.10. The predicted octanol–water partition coefficient (Wildman–Crippen LogP) is 0.846. The summed E-state index contributed by atoms with van der Waals surface area (Å²) in [5.74, 6) is 4.77. The summed E-state index contributed by atoms with van der Waals surface area (Å²) >= 11 is 1.31. The number of thiazole rings is 1. The number of amides is 1. The molecule has 0 saturated carbocycles. The number of rotatable bonds is 2. The molecule has 0 aromatic carbocycles. The van der Waals surface area contributed by atoms with Crippen molar-refractivity contribution in [2.45, 2.75) is 6.92 Å². The summed E-state index contributed by atoms with van der Waals surface area (Å²) in [6.45, 7) is 1.79. The predicted molar refractivity (Wildman–Crippen MR) is 57.8 cm³/mol. The third kappa shape index (κ3) is 1.77. The molecule has 3 N–H and O–H groups in total. The van der Waals surface area contributed by atoms with Gasteiger partial charge in [0.05, 0.1) is 5.69 Å². The molecule has 0 radical (unpaired) electrons. The molecule has 0 aliphatic carbocycles. The normalized spacial score (nSPS) is 10.3. The van der Waals surface area contributed by atoms with E-state index in [2.05, 4.69) is 10.4 Å².